The highest BCUT2D eigenvalue weighted by Crippen LogP contribution is 2.34. The van der Waals surface area contributed by atoms with Crippen LogP contribution < -0.4 is 0 Å². The third-order valence-corrected chi connectivity index (χ3v) is 4.33. The van der Waals surface area contributed by atoms with Crippen LogP contribution in [0.15, 0.2) is 36.7 Å². The molecule has 3 rings (SSSR count). The molecule has 0 amide bonds. The minimum absolute atomic E-state index is 0.268. The van der Waals surface area contributed by atoms with Gasteiger partial charge in [-0.1, -0.05) is 18.6 Å². The number of nitriles is 1. The van der Waals surface area contributed by atoms with Gasteiger partial charge in [0.1, 0.15) is 5.82 Å². The van der Waals surface area contributed by atoms with Gasteiger partial charge in [-0.25, -0.2) is 4.98 Å². The van der Waals surface area contributed by atoms with Gasteiger partial charge < -0.3 is 9.67 Å². The van der Waals surface area contributed by atoms with Crippen LogP contribution in [0, 0.1) is 17.2 Å². The Kier molecular flexibility index (Phi) is 4.03. The number of aliphatic hydroxyl groups excluding tert-OH is 1. The molecule has 2 atom stereocenters. The summed E-state index contributed by atoms with van der Waals surface area (Å²) < 4.78 is 2.21. The molecular formula is C17H19N3O. The highest BCUT2D eigenvalue weighted by Gasteiger charge is 2.24. The summed E-state index contributed by atoms with van der Waals surface area (Å²) in [6.45, 7) is 0.268. The van der Waals surface area contributed by atoms with Crippen LogP contribution in [-0.4, -0.2) is 21.3 Å². The van der Waals surface area contributed by atoms with E-state index in [0.717, 1.165) is 37.1 Å². The van der Waals surface area contributed by atoms with Gasteiger partial charge >= 0.3 is 0 Å². The van der Waals surface area contributed by atoms with Crippen LogP contribution in [-0.2, 0) is 0 Å². The fourth-order valence-electron chi connectivity index (χ4n) is 3.24. The summed E-state index contributed by atoms with van der Waals surface area (Å²) >= 11 is 0. The van der Waals surface area contributed by atoms with Gasteiger partial charge in [-0.05, 0) is 37.3 Å². The Morgan fingerprint density at radius 1 is 1.38 bits per heavy atom. The summed E-state index contributed by atoms with van der Waals surface area (Å²) in [5.41, 5.74) is 1.63. The highest BCUT2D eigenvalue weighted by molar-refractivity contribution is 5.58. The predicted octanol–water partition coefficient (Wildman–Crippen LogP) is 3.15. The molecular weight excluding hydrogens is 262 g/mol. The maximum atomic E-state index is 9.40. The number of aromatic nitrogens is 2. The van der Waals surface area contributed by atoms with Crippen LogP contribution in [0.5, 0.6) is 0 Å². The Hall–Kier alpha value is -2.12. The van der Waals surface area contributed by atoms with Gasteiger partial charge in [0.2, 0.25) is 0 Å². The molecule has 0 spiro atoms. The summed E-state index contributed by atoms with van der Waals surface area (Å²) in [5.74, 6) is 1.31. The number of rotatable bonds is 3. The fourth-order valence-corrected chi connectivity index (χ4v) is 3.24. The molecule has 1 aromatic carbocycles. The number of benzene rings is 1. The maximum Gasteiger partial charge on any atom is 0.140 e. The van der Waals surface area contributed by atoms with Crippen molar-refractivity contribution >= 4 is 0 Å². The zero-order chi connectivity index (χ0) is 14.7. The molecule has 1 aromatic heterocycles. The molecule has 0 unspecified atom stereocenters. The fraction of sp³-hybridized carbons (Fsp3) is 0.412. The molecule has 21 heavy (non-hydrogen) atoms. The third kappa shape index (κ3) is 2.84. The Bertz CT molecular complexity index is 656. The molecule has 1 heterocycles. The van der Waals surface area contributed by atoms with Gasteiger partial charge in [0, 0.05) is 30.6 Å². The predicted molar refractivity (Wildman–Crippen MR) is 80.5 cm³/mol. The first kappa shape index (κ1) is 13.8. The van der Waals surface area contributed by atoms with E-state index >= 15 is 0 Å². The van der Waals surface area contributed by atoms with Crippen molar-refractivity contribution in [1.29, 1.82) is 5.26 Å². The molecule has 0 aliphatic heterocycles. The molecule has 2 aromatic rings. The molecule has 1 N–H and O–H groups in total. The van der Waals surface area contributed by atoms with Gasteiger partial charge in [-0.3, -0.25) is 0 Å². The van der Waals surface area contributed by atoms with E-state index in [1.54, 1.807) is 6.07 Å². The zero-order valence-electron chi connectivity index (χ0n) is 11.9. The van der Waals surface area contributed by atoms with Gasteiger partial charge in [-0.15, -0.1) is 0 Å². The lowest BCUT2D eigenvalue weighted by Gasteiger charge is -2.30. The Morgan fingerprint density at radius 3 is 3.10 bits per heavy atom. The molecule has 4 heteroatoms. The van der Waals surface area contributed by atoms with E-state index in [4.69, 9.17) is 5.26 Å². The van der Waals surface area contributed by atoms with Crippen molar-refractivity contribution in [2.24, 2.45) is 5.92 Å². The van der Waals surface area contributed by atoms with Gasteiger partial charge in [0.05, 0.1) is 11.6 Å². The second kappa shape index (κ2) is 6.11. The SMILES string of the molecule is N#Cc1cccc(-c2nccn2[C@@H]2CCC[C@H](CO)C2)c1. The minimum Gasteiger partial charge on any atom is -0.396 e. The van der Waals surface area contributed by atoms with Crippen LogP contribution in [0.25, 0.3) is 11.4 Å². The molecule has 1 aliphatic rings. The average molecular weight is 281 g/mol. The first-order valence-electron chi connectivity index (χ1n) is 7.46. The largest absolute Gasteiger partial charge is 0.396 e. The van der Waals surface area contributed by atoms with E-state index in [1.807, 2.05) is 30.6 Å². The first-order chi connectivity index (χ1) is 10.3. The lowest BCUT2D eigenvalue weighted by molar-refractivity contribution is 0.163. The topological polar surface area (TPSA) is 61.8 Å². The molecule has 108 valence electrons. The highest BCUT2D eigenvalue weighted by atomic mass is 16.3. The minimum atomic E-state index is 0.268. The van der Waals surface area contributed by atoms with Gasteiger partial charge in [0.15, 0.2) is 0 Å². The van der Waals surface area contributed by atoms with E-state index in [-0.39, 0.29) is 6.61 Å². The normalized spacial score (nSPS) is 21.9. The monoisotopic (exact) mass is 281 g/mol. The van der Waals surface area contributed by atoms with Crippen molar-refractivity contribution in [3.05, 3.63) is 42.2 Å². The van der Waals surface area contributed by atoms with Crippen molar-refractivity contribution in [2.75, 3.05) is 6.61 Å². The van der Waals surface area contributed by atoms with Crippen molar-refractivity contribution in [1.82, 2.24) is 9.55 Å². The van der Waals surface area contributed by atoms with Gasteiger partial charge in [-0.2, -0.15) is 5.26 Å². The zero-order valence-corrected chi connectivity index (χ0v) is 11.9. The van der Waals surface area contributed by atoms with Crippen molar-refractivity contribution in [3.8, 4) is 17.5 Å². The molecule has 0 bridgehead atoms. The molecule has 1 fully saturated rings. The molecule has 0 radical (unpaired) electrons. The Balaban J connectivity index is 1.92. The van der Waals surface area contributed by atoms with Crippen LogP contribution in [0.1, 0.15) is 37.3 Å². The molecule has 1 aliphatic carbocycles. The lowest BCUT2D eigenvalue weighted by Crippen LogP contribution is -2.21. The summed E-state index contributed by atoms with van der Waals surface area (Å²) in [6, 6.07) is 10.1. The van der Waals surface area contributed by atoms with E-state index in [1.165, 1.54) is 0 Å². The van der Waals surface area contributed by atoms with E-state index in [0.29, 0.717) is 17.5 Å². The Morgan fingerprint density at radius 2 is 2.29 bits per heavy atom. The number of nitrogens with zero attached hydrogens (tertiary/aromatic N) is 3. The number of hydrogen-bond acceptors (Lipinski definition) is 3. The third-order valence-electron chi connectivity index (χ3n) is 4.33. The van der Waals surface area contributed by atoms with Crippen molar-refractivity contribution in [2.45, 2.75) is 31.7 Å². The quantitative estimate of drug-likeness (QED) is 0.940. The molecule has 0 saturated heterocycles. The molecule has 4 nitrogen and oxygen atoms in total. The number of imidazole rings is 1. The van der Waals surface area contributed by atoms with Gasteiger partial charge in [0.25, 0.3) is 0 Å². The number of aliphatic hydroxyl groups is 1. The van der Waals surface area contributed by atoms with E-state index in [2.05, 4.69) is 15.6 Å². The van der Waals surface area contributed by atoms with E-state index < -0.39 is 0 Å². The maximum absolute atomic E-state index is 9.40. The van der Waals surface area contributed by atoms with Crippen LogP contribution in [0.4, 0.5) is 0 Å². The summed E-state index contributed by atoms with van der Waals surface area (Å²) in [6.07, 6.45) is 8.21. The summed E-state index contributed by atoms with van der Waals surface area (Å²) in [7, 11) is 0. The molecule has 1 saturated carbocycles. The first-order valence-corrected chi connectivity index (χ1v) is 7.46. The van der Waals surface area contributed by atoms with Crippen molar-refractivity contribution in [3.63, 3.8) is 0 Å². The van der Waals surface area contributed by atoms with Crippen LogP contribution in [0.2, 0.25) is 0 Å². The average Bonchev–Trinajstić information content (AvgIpc) is 3.04. The number of hydrogen-bond donors (Lipinski definition) is 1. The second-order valence-electron chi connectivity index (χ2n) is 5.72. The van der Waals surface area contributed by atoms with Crippen LogP contribution >= 0.6 is 0 Å². The smallest absolute Gasteiger partial charge is 0.140 e. The summed E-state index contributed by atoms with van der Waals surface area (Å²) in [4.78, 5) is 4.48. The Labute approximate surface area is 124 Å². The summed E-state index contributed by atoms with van der Waals surface area (Å²) in [5, 5.41) is 18.4. The standard InChI is InChI=1S/C17H19N3O/c18-11-13-3-1-5-15(9-13)17-19-7-8-20(17)16-6-2-4-14(10-16)12-21/h1,3,5,7-9,14,16,21H,2,4,6,10,12H2/t14-,16+/m0/s1. The lowest BCUT2D eigenvalue weighted by atomic mass is 9.86. The van der Waals surface area contributed by atoms with Crippen molar-refractivity contribution < 1.29 is 5.11 Å². The van der Waals surface area contributed by atoms with E-state index in [9.17, 15) is 5.11 Å². The second-order valence-corrected chi connectivity index (χ2v) is 5.72. The van der Waals surface area contributed by atoms with Crippen LogP contribution in [0.3, 0.4) is 0 Å².